The lowest BCUT2D eigenvalue weighted by molar-refractivity contribution is 0.262. The average Bonchev–Trinajstić information content (AvgIpc) is 1.35. The molecule has 2 radical (unpaired) electrons. The van der Waals surface area contributed by atoms with E-state index < -0.39 is 0 Å². The lowest BCUT2D eigenvalue weighted by Crippen LogP contribution is -2.03. The summed E-state index contributed by atoms with van der Waals surface area (Å²) in [6.07, 6.45) is 0. The molecule has 0 bridgehead atoms. The van der Waals surface area contributed by atoms with E-state index in [1.165, 1.54) is 0 Å². The molecule has 0 saturated heterocycles. The van der Waals surface area contributed by atoms with Crippen molar-refractivity contribution in [1.29, 1.82) is 0 Å². The summed E-state index contributed by atoms with van der Waals surface area (Å²) in [5.74, 6) is 0. The van der Waals surface area contributed by atoms with Gasteiger partial charge in [0.1, 0.15) is 6.61 Å². The third kappa shape index (κ3) is 3.96. The molecule has 1 heteroatoms. The van der Waals surface area contributed by atoms with Crippen LogP contribution in [0.4, 0.5) is 0 Å². The molecule has 1 N–H and O–H groups in total. The monoisotopic (exact) mass is 86.1 g/mol. The van der Waals surface area contributed by atoms with Gasteiger partial charge in [-0.15, -0.1) is 0 Å². The van der Waals surface area contributed by atoms with Crippen LogP contribution in [0.1, 0.15) is 20.8 Å². The van der Waals surface area contributed by atoms with Crippen LogP contribution in [-0.2, 0) is 0 Å². The van der Waals surface area contributed by atoms with Gasteiger partial charge in [-0.05, 0) is 5.41 Å². The number of rotatable bonds is 0. The van der Waals surface area contributed by atoms with Gasteiger partial charge in [0.15, 0.2) is 0 Å². The summed E-state index contributed by atoms with van der Waals surface area (Å²) in [5, 5.41) is 8.15. The molecule has 0 aliphatic carbocycles. The summed E-state index contributed by atoms with van der Waals surface area (Å²) < 4.78 is 0. The van der Waals surface area contributed by atoms with Crippen molar-refractivity contribution in [2.24, 2.45) is 5.41 Å². The van der Waals surface area contributed by atoms with Crippen LogP contribution in [0.3, 0.4) is 0 Å². The highest BCUT2D eigenvalue weighted by atomic mass is 16.3. The van der Waals surface area contributed by atoms with Crippen LogP contribution in [0.2, 0.25) is 0 Å². The maximum absolute atomic E-state index is 8.15. The number of aliphatic hydroxyl groups is 1. The summed E-state index contributed by atoms with van der Waals surface area (Å²) in [6, 6.07) is 0. The van der Waals surface area contributed by atoms with Crippen LogP contribution in [0.15, 0.2) is 0 Å². The Balaban J connectivity index is 3.17. The second-order valence-electron chi connectivity index (χ2n) is 2.36. The van der Waals surface area contributed by atoms with Crippen molar-refractivity contribution in [3.05, 3.63) is 6.61 Å². The summed E-state index contributed by atoms with van der Waals surface area (Å²) in [5.41, 5.74) is -0.153. The molecule has 0 rings (SSSR count). The molecule has 1 nitrogen and oxygen atoms in total. The lowest BCUT2D eigenvalue weighted by atomic mass is 9.99. The Labute approximate surface area is 39.0 Å². The SMILES string of the molecule is CC(C)(C)[C]O. The molecule has 0 amide bonds. The normalized spacial score (nSPS) is 12.0. The predicted molar refractivity (Wildman–Crippen MR) is 24.6 cm³/mol. The van der Waals surface area contributed by atoms with E-state index in [0.717, 1.165) is 0 Å². The molecule has 0 aromatic rings. The smallest absolute Gasteiger partial charge is 0.134 e. The zero-order valence-electron chi connectivity index (χ0n) is 4.45. The molecular weight excluding hydrogens is 76.1 g/mol. The van der Waals surface area contributed by atoms with Crippen LogP contribution in [0, 0.1) is 12.0 Å². The van der Waals surface area contributed by atoms with Crippen molar-refractivity contribution in [2.75, 3.05) is 0 Å². The first-order valence-electron chi connectivity index (χ1n) is 1.97. The first-order valence-corrected chi connectivity index (χ1v) is 1.97. The van der Waals surface area contributed by atoms with E-state index in [2.05, 4.69) is 6.61 Å². The van der Waals surface area contributed by atoms with Gasteiger partial charge in [0, 0.05) is 0 Å². The first kappa shape index (κ1) is 5.96. The van der Waals surface area contributed by atoms with Gasteiger partial charge in [0.05, 0.1) is 0 Å². The summed E-state index contributed by atoms with van der Waals surface area (Å²) in [4.78, 5) is 0. The molecule has 0 saturated carbocycles. The van der Waals surface area contributed by atoms with E-state index in [0.29, 0.717) is 0 Å². The van der Waals surface area contributed by atoms with Crippen molar-refractivity contribution in [2.45, 2.75) is 20.8 Å². The third-order valence-electron chi connectivity index (χ3n) is 0.335. The van der Waals surface area contributed by atoms with Crippen LogP contribution in [0.5, 0.6) is 0 Å². The van der Waals surface area contributed by atoms with Crippen LogP contribution in [0.25, 0.3) is 0 Å². The second-order valence-corrected chi connectivity index (χ2v) is 2.36. The molecule has 0 aliphatic heterocycles. The minimum Gasteiger partial charge on any atom is -0.383 e. The lowest BCUT2D eigenvalue weighted by Gasteiger charge is -2.09. The van der Waals surface area contributed by atoms with E-state index in [1.54, 1.807) is 0 Å². The Kier molecular flexibility index (Phi) is 1.59. The van der Waals surface area contributed by atoms with Crippen molar-refractivity contribution in [1.82, 2.24) is 0 Å². The van der Waals surface area contributed by atoms with Crippen molar-refractivity contribution < 1.29 is 5.11 Å². The zero-order valence-corrected chi connectivity index (χ0v) is 4.45. The molecule has 0 aromatic heterocycles. The Morgan fingerprint density at radius 3 is 1.50 bits per heavy atom. The maximum Gasteiger partial charge on any atom is 0.134 e. The highest BCUT2D eigenvalue weighted by Gasteiger charge is 2.07. The Morgan fingerprint density at radius 2 is 1.50 bits per heavy atom. The molecular formula is C5H10O. The minimum absolute atomic E-state index is 0.153. The molecule has 0 fully saturated rings. The van der Waals surface area contributed by atoms with Crippen molar-refractivity contribution in [3.63, 3.8) is 0 Å². The fraction of sp³-hybridized carbons (Fsp3) is 0.800. The second kappa shape index (κ2) is 1.61. The predicted octanol–water partition coefficient (Wildman–Crippen LogP) is 1.44. The topological polar surface area (TPSA) is 20.2 Å². The molecule has 0 aromatic carbocycles. The number of hydrogen-bond acceptors (Lipinski definition) is 1. The number of hydrogen-bond donors (Lipinski definition) is 1. The van der Waals surface area contributed by atoms with Gasteiger partial charge in [-0.3, -0.25) is 0 Å². The van der Waals surface area contributed by atoms with Gasteiger partial charge in [-0.1, -0.05) is 20.8 Å². The quantitative estimate of drug-likeness (QED) is 0.473. The van der Waals surface area contributed by atoms with Gasteiger partial charge in [0.2, 0.25) is 0 Å². The van der Waals surface area contributed by atoms with Gasteiger partial charge in [-0.2, -0.15) is 0 Å². The van der Waals surface area contributed by atoms with Gasteiger partial charge < -0.3 is 5.11 Å². The van der Waals surface area contributed by atoms with E-state index in [1.807, 2.05) is 20.8 Å². The summed E-state index contributed by atoms with van der Waals surface area (Å²) in [7, 11) is 0. The van der Waals surface area contributed by atoms with E-state index >= 15 is 0 Å². The van der Waals surface area contributed by atoms with Gasteiger partial charge in [-0.25, -0.2) is 0 Å². The third-order valence-corrected chi connectivity index (χ3v) is 0.335. The Hall–Kier alpha value is -0.0400. The molecule has 0 spiro atoms. The fourth-order valence-electron chi connectivity index (χ4n) is 0. The van der Waals surface area contributed by atoms with Crippen molar-refractivity contribution in [3.8, 4) is 0 Å². The van der Waals surface area contributed by atoms with Crippen LogP contribution in [-0.4, -0.2) is 5.11 Å². The van der Waals surface area contributed by atoms with Crippen LogP contribution >= 0.6 is 0 Å². The molecule has 0 unspecified atom stereocenters. The number of aliphatic hydroxyl groups excluding tert-OH is 1. The van der Waals surface area contributed by atoms with E-state index in [9.17, 15) is 0 Å². The Morgan fingerprint density at radius 1 is 1.33 bits per heavy atom. The molecule has 36 valence electrons. The molecule has 0 aliphatic rings. The van der Waals surface area contributed by atoms with Crippen molar-refractivity contribution >= 4 is 0 Å². The summed E-state index contributed by atoms with van der Waals surface area (Å²) >= 11 is 0. The average molecular weight is 86.1 g/mol. The standard InChI is InChI=1S/C5H10O/c1-5(2,3)4-6/h6H,1-3H3. The molecule has 0 atom stereocenters. The largest absolute Gasteiger partial charge is 0.383 e. The van der Waals surface area contributed by atoms with E-state index in [-0.39, 0.29) is 5.41 Å². The zero-order chi connectivity index (χ0) is 5.21. The fourth-order valence-corrected chi connectivity index (χ4v) is 0. The highest BCUT2D eigenvalue weighted by molar-refractivity contribution is 4.67. The molecule has 6 heavy (non-hydrogen) atoms. The van der Waals surface area contributed by atoms with Gasteiger partial charge >= 0.3 is 0 Å². The highest BCUT2D eigenvalue weighted by Crippen LogP contribution is 2.13. The Bertz CT molecular complexity index is 33.7. The van der Waals surface area contributed by atoms with Gasteiger partial charge in [0.25, 0.3) is 0 Å². The maximum atomic E-state index is 8.15. The summed E-state index contributed by atoms with van der Waals surface area (Å²) in [6.45, 7) is 7.75. The van der Waals surface area contributed by atoms with Crippen LogP contribution < -0.4 is 0 Å². The first-order chi connectivity index (χ1) is 2.56. The minimum atomic E-state index is -0.153. The molecule has 0 heterocycles. The van der Waals surface area contributed by atoms with E-state index in [4.69, 9.17) is 5.11 Å².